The van der Waals surface area contributed by atoms with Gasteiger partial charge in [0.1, 0.15) is 5.60 Å². The third-order valence-electron chi connectivity index (χ3n) is 4.06. The van der Waals surface area contributed by atoms with E-state index < -0.39 is 5.60 Å². The normalized spacial score (nSPS) is 22.1. The van der Waals surface area contributed by atoms with Crippen molar-refractivity contribution < 1.29 is 5.11 Å². The first-order valence-corrected chi connectivity index (χ1v) is 7.99. The lowest BCUT2D eigenvalue weighted by Gasteiger charge is -2.34. The topological polar surface area (TPSA) is 36.4 Å². The van der Waals surface area contributed by atoms with Crippen LogP contribution < -0.4 is 0 Å². The Hall–Kier alpha value is -1.37. The maximum Gasteiger partial charge on any atom is 0.122 e. The van der Waals surface area contributed by atoms with Crippen molar-refractivity contribution >= 4 is 0 Å². The molecule has 0 bridgehead atoms. The molecule has 1 aliphatic rings. The molecule has 0 aliphatic carbocycles. The Balaban J connectivity index is 2.02. The fraction of sp³-hybridized carbons (Fsp3) is 0.611. The first kappa shape index (κ1) is 16.0. The van der Waals surface area contributed by atoms with Crippen LogP contribution in [0.2, 0.25) is 0 Å². The molecule has 0 unspecified atom stereocenters. The lowest BCUT2D eigenvalue weighted by atomic mass is 9.96. The predicted molar refractivity (Wildman–Crippen MR) is 85.7 cm³/mol. The smallest absolute Gasteiger partial charge is 0.122 e. The first-order valence-electron chi connectivity index (χ1n) is 7.99. The Morgan fingerprint density at radius 3 is 3.05 bits per heavy atom. The lowest BCUT2D eigenvalue weighted by Crippen LogP contribution is -2.34. The third kappa shape index (κ3) is 4.84. The van der Waals surface area contributed by atoms with Crippen molar-refractivity contribution in [3.05, 3.63) is 30.1 Å². The predicted octanol–water partition coefficient (Wildman–Crippen LogP) is 3.16. The quantitative estimate of drug-likeness (QED) is 0.864. The highest BCUT2D eigenvalue weighted by atomic mass is 16.3. The van der Waals surface area contributed by atoms with E-state index in [0.29, 0.717) is 6.04 Å². The number of pyridine rings is 1. The molecule has 0 radical (unpaired) electrons. The summed E-state index contributed by atoms with van der Waals surface area (Å²) in [6.45, 7) is 5.67. The van der Waals surface area contributed by atoms with Crippen LogP contribution in [0, 0.1) is 11.8 Å². The number of piperidine rings is 1. The van der Waals surface area contributed by atoms with Crippen molar-refractivity contribution in [2.75, 3.05) is 13.1 Å². The second-order valence-electron chi connectivity index (χ2n) is 6.09. The maximum atomic E-state index is 10.1. The minimum absolute atomic E-state index is 0.415. The molecule has 2 heterocycles. The van der Waals surface area contributed by atoms with E-state index in [2.05, 4.69) is 34.7 Å². The molecule has 0 amide bonds. The van der Waals surface area contributed by atoms with Gasteiger partial charge >= 0.3 is 0 Å². The van der Waals surface area contributed by atoms with Gasteiger partial charge in [-0.25, -0.2) is 0 Å². The number of hydrogen-bond acceptors (Lipinski definition) is 3. The van der Waals surface area contributed by atoms with Crippen LogP contribution in [-0.2, 0) is 0 Å². The number of likely N-dealkylation sites (tertiary alicyclic amines) is 1. The van der Waals surface area contributed by atoms with E-state index in [-0.39, 0.29) is 0 Å². The van der Waals surface area contributed by atoms with Crippen molar-refractivity contribution in [3.8, 4) is 11.8 Å². The number of nitrogens with zero attached hydrogens (tertiary/aromatic N) is 2. The summed E-state index contributed by atoms with van der Waals surface area (Å²) in [4.78, 5) is 6.65. The molecule has 1 saturated heterocycles. The molecule has 21 heavy (non-hydrogen) atoms. The van der Waals surface area contributed by atoms with Gasteiger partial charge in [0.15, 0.2) is 0 Å². The van der Waals surface area contributed by atoms with Gasteiger partial charge in [0.2, 0.25) is 0 Å². The van der Waals surface area contributed by atoms with Crippen molar-refractivity contribution in [3.63, 3.8) is 0 Å². The molecule has 1 aromatic heterocycles. The zero-order valence-electron chi connectivity index (χ0n) is 13.2. The van der Waals surface area contributed by atoms with Crippen LogP contribution in [-0.4, -0.2) is 33.7 Å². The second-order valence-corrected chi connectivity index (χ2v) is 6.09. The number of rotatable bonds is 4. The van der Waals surface area contributed by atoms with E-state index in [9.17, 15) is 5.11 Å². The van der Waals surface area contributed by atoms with Gasteiger partial charge < -0.3 is 5.11 Å². The van der Waals surface area contributed by atoms with Gasteiger partial charge in [-0.2, -0.15) is 0 Å². The summed E-state index contributed by atoms with van der Waals surface area (Å²) < 4.78 is 0. The molecule has 3 nitrogen and oxygen atoms in total. The molecule has 0 aromatic carbocycles. The van der Waals surface area contributed by atoms with Gasteiger partial charge in [0, 0.05) is 18.4 Å². The zero-order chi connectivity index (χ0) is 15.1. The summed E-state index contributed by atoms with van der Waals surface area (Å²) in [5, 5.41) is 10.1. The highest BCUT2D eigenvalue weighted by molar-refractivity contribution is 5.17. The molecule has 0 spiro atoms. The fourth-order valence-corrected chi connectivity index (χ4v) is 3.01. The van der Waals surface area contributed by atoms with Gasteiger partial charge in [-0.05, 0) is 44.4 Å². The van der Waals surface area contributed by atoms with Crippen LogP contribution in [0.1, 0.15) is 57.6 Å². The van der Waals surface area contributed by atoms with E-state index in [1.807, 2.05) is 18.5 Å². The minimum Gasteiger partial charge on any atom is -0.378 e. The van der Waals surface area contributed by atoms with Crippen LogP contribution in [0.5, 0.6) is 0 Å². The summed E-state index contributed by atoms with van der Waals surface area (Å²) in [5.41, 5.74) is 0.424. The molecule has 1 aromatic rings. The van der Waals surface area contributed by atoms with Crippen molar-refractivity contribution in [2.45, 2.75) is 57.6 Å². The fourth-order valence-electron chi connectivity index (χ4n) is 3.01. The average molecular weight is 286 g/mol. The number of aromatic nitrogens is 1. The van der Waals surface area contributed by atoms with Crippen LogP contribution in [0.3, 0.4) is 0 Å². The molecule has 2 atom stereocenters. The van der Waals surface area contributed by atoms with Gasteiger partial charge in [0.05, 0.1) is 6.54 Å². The van der Waals surface area contributed by atoms with Crippen LogP contribution in [0.15, 0.2) is 24.5 Å². The van der Waals surface area contributed by atoms with Gasteiger partial charge in [0.25, 0.3) is 0 Å². The summed E-state index contributed by atoms with van der Waals surface area (Å²) in [6.07, 6.45) is 9.11. The molecule has 3 heteroatoms. The number of hydrogen-bond donors (Lipinski definition) is 1. The van der Waals surface area contributed by atoms with E-state index in [4.69, 9.17) is 0 Å². The molecule has 0 saturated carbocycles. The third-order valence-corrected chi connectivity index (χ3v) is 4.06. The van der Waals surface area contributed by atoms with E-state index in [1.54, 1.807) is 6.92 Å². The van der Waals surface area contributed by atoms with Crippen molar-refractivity contribution in [1.82, 2.24) is 9.88 Å². The van der Waals surface area contributed by atoms with Crippen LogP contribution in [0.25, 0.3) is 0 Å². The largest absolute Gasteiger partial charge is 0.378 e. The van der Waals surface area contributed by atoms with Gasteiger partial charge in [-0.3, -0.25) is 9.88 Å². The second kappa shape index (κ2) is 7.59. The Morgan fingerprint density at radius 2 is 2.33 bits per heavy atom. The van der Waals surface area contributed by atoms with E-state index in [0.717, 1.165) is 25.9 Å². The molecule has 2 rings (SSSR count). The van der Waals surface area contributed by atoms with Gasteiger partial charge in [-0.15, -0.1) is 0 Å². The molecular formula is C18H26N2O. The lowest BCUT2D eigenvalue weighted by molar-refractivity contribution is 0.111. The molecule has 1 fully saturated rings. The molecule has 114 valence electrons. The Kier molecular flexibility index (Phi) is 5.78. The Bertz CT molecular complexity index is 487. The van der Waals surface area contributed by atoms with Gasteiger partial charge in [-0.1, -0.05) is 37.7 Å². The Labute approximate surface area is 128 Å². The molecular weight excluding hydrogens is 260 g/mol. The summed E-state index contributed by atoms with van der Waals surface area (Å²) in [5.74, 6) is 6.21. The standard InChI is InChI=1S/C18H26N2O/c1-3-10-18(2,21)11-7-14-20-13-5-4-9-17(20)16-8-6-12-19-15-16/h6,8,12,15,17,21H,3-5,9-10,13-14H2,1-2H3/t17-,18+/m1/s1. The van der Waals surface area contributed by atoms with Crippen molar-refractivity contribution in [1.29, 1.82) is 0 Å². The monoisotopic (exact) mass is 286 g/mol. The maximum absolute atomic E-state index is 10.1. The summed E-state index contributed by atoms with van der Waals surface area (Å²) >= 11 is 0. The first-order chi connectivity index (χ1) is 10.1. The highest BCUT2D eigenvalue weighted by Gasteiger charge is 2.23. The average Bonchev–Trinajstić information content (AvgIpc) is 2.48. The van der Waals surface area contributed by atoms with Crippen LogP contribution >= 0.6 is 0 Å². The SMILES string of the molecule is CCC[C@](C)(O)C#CCN1CCCC[C@@H]1c1cccnc1. The summed E-state index contributed by atoms with van der Waals surface area (Å²) in [6, 6.07) is 4.56. The number of aliphatic hydroxyl groups is 1. The molecule has 1 N–H and O–H groups in total. The minimum atomic E-state index is -0.853. The van der Waals surface area contributed by atoms with E-state index in [1.165, 1.54) is 24.8 Å². The van der Waals surface area contributed by atoms with Crippen LogP contribution in [0.4, 0.5) is 0 Å². The molecule has 1 aliphatic heterocycles. The highest BCUT2D eigenvalue weighted by Crippen LogP contribution is 2.29. The Morgan fingerprint density at radius 1 is 1.48 bits per heavy atom. The van der Waals surface area contributed by atoms with E-state index >= 15 is 0 Å². The summed E-state index contributed by atoms with van der Waals surface area (Å²) in [7, 11) is 0. The zero-order valence-corrected chi connectivity index (χ0v) is 13.2. The van der Waals surface area contributed by atoms with Crippen molar-refractivity contribution in [2.24, 2.45) is 0 Å².